The Labute approximate surface area is 183 Å². The van der Waals surface area contributed by atoms with E-state index in [9.17, 15) is 52.2 Å². The third-order valence-electron chi connectivity index (χ3n) is 3.88. The van der Waals surface area contributed by atoms with Gasteiger partial charge in [-0.15, -0.1) is 0 Å². The number of carbonyl (C=O) groups is 3. The molecule has 0 heterocycles. The third-order valence-corrected chi connectivity index (χ3v) is 3.88. The average molecular weight is 492 g/mol. The van der Waals surface area contributed by atoms with Crippen molar-refractivity contribution in [2.75, 3.05) is 0 Å². The molecular weight excluding hydrogens is 484 g/mol. The molecular formula is C17H8F4N2O11. The lowest BCUT2D eigenvalue weighted by atomic mass is 10.1. The van der Waals surface area contributed by atoms with Gasteiger partial charge in [0.05, 0.1) is 22.7 Å². The van der Waals surface area contributed by atoms with Crippen LogP contribution in [0.1, 0.15) is 11.1 Å². The molecule has 180 valence electrons. The molecule has 0 aliphatic heterocycles. The summed E-state index contributed by atoms with van der Waals surface area (Å²) in [5, 5.41) is 39.6. The first-order valence-corrected chi connectivity index (χ1v) is 8.38. The van der Waals surface area contributed by atoms with Crippen LogP contribution in [0.25, 0.3) is 0 Å². The molecule has 2 rings (SSSR count). The molecule has 0 spiro atoms. The first kappa shape index (κ1) is 25.4. The summed E-state index contributed by atoms with van der Waals surface area (Å²) in [4.78, 5) is 52.7. The Morgan fingerprint density at radius 2 is 1.06 bits per heavy atom. The summed E-state index contributed by atoms with van der Waals surface area (Å²) in [7, 11) is 0. The second-order valence-electron chi connectivity index (χ2n) is 6.13. The Morgan fingerprint density at radius 3 is 1.32 bits per heavy atom. The largest absolute Gasteiger partial charge is 0.520 e. The fourth-order valence-corrected chi connectivity index (χ4v) is 2.53. The minimum atomic E-state index is -2.32. The van der Waals surface area contributed by atoms with Crippen molar-refractivity contribution in [1.29, 1.82) is 0 Å². The van der Waals surface area contributed by atoms with Crippen LogP contribution in [-0.4, -0.2) is 38.2 Å². The molecule has 2 aromatic rings. The molecule has 0 aliphatic carbocycles. The van der Waals surface area contributed by atoms with Crippen LogP contribution in [0.3, 0.4) is 0 Å². The van der Waals surface area contributed by atoms with Crippen molar-refractivity contribution < 1.29 is 61.5 Å². The fraction of sp³-hybridized carbons (Fsp3) is 0.118. The number of carboxylic acids is 2. The van der Waals surface area contributed by atoms with Gasteiger partial charge in [-0.25, -0.2) is 13.6 Å². The number of benzene rings is 2. The Bertz CT molecular complexity index is 1160. The molecule has 0 bridgehead atoms. The summed E-state index contributed by atoms with van der Waals surface area (Å²) < 4.78 is 64.9. The Kier molecular flexibility index (Phi) is 7.30. The van der Waals surface area contributed by atoms with E-state index in [2.05, 4.69) is 9.47 Å². The summed E-state index contributed by atoms with van der Waals surface area (Å²) in [6.07, 6.45) is -4.72. The highest BCUT2D eigenvalue weighted by atomic mass is 19.2. The maximum absolute atomic E-state index is 14.3. The molecule has 0 atom stereocenters. The monoisotopic (exact) mass is 492 g/mol. The molecule has 2 N–H and O–H groups in total. The number of halogens is 4. The molecule has 0 unspecified atom stereocenters. The van der Waals surface area contributed by atoms with E-state index in [-0.39, 0.29) is 12.1 Å². The maximum atomic E-state index is 14.3. The molecule has 13 nitrogen and oxygen atoms in total. The van der Waals surface area contributed by atoms with Crippen LogP contribution < -0.4 is 9.47 Å². The minimum absolute atomic E-state index is 0.221. The molecule has 0 amide bonds. The van der Waals surface area contributed by atoms with Crippen LogP contribution in [0.2, 0.25) is 0 Å². The molecule has 17 heteroatoms. The van der Waals surface area contributed by atoms with Crippen molar-refractivity contribution in [3.8, 4) is 11.5 Å². The Hall–Kier alpha value is -4.83. The highest BCUT2D eigenvalue weighted by molar-refractivity contribution is 5.74. The van der Waals surface area contributed by atoms with E-state index >= 15 is 0 Å². The zero-order chi connectivity index (χ0) is 25.9. The summed E-state index contributed by atoms with van der Waals surface area (Å²) in [6, 6.07) is 0.442. The van der Waals surface area contributed by atoms with E-state index in [1.165, 1.54) is 0 Å². The number of nitro benzene ring substituents is 2. The number of hydrogen-bond acceptors (Lipinski definition) is 9. The van der Waals surface area contributed by atoms with Crippen LogP contribution in [0.5, 0.6) is 11.5 Å². The number of aliphatic carboxylic acids is 2. The van der Waals surface area contributed by atoms with Crippen LogP contribution >= 0.6 is 0 Å². The second-order valence-corrected chi connectivity index (χ2v) is 6.13. The molecule has 0 saturated heterocycles. The van der Waals surface area contributed by atoms with Gasteiger partial charge in [0.15, 0.2) is 11.6 Å². The van der Waals surface area contributed by atoms with Crippen LogP contribution in [0.15, 0.2) is 12.1 Å². The lowest BCUT2D eigenvalue weighted by Gasteiger charge is -2.11. The van der Waals surface area contributed by atoms with E-state index in [0.29, 0.717) is 0 Å². The van der Waals surface area contributed by atoms with Gasteiger partial charge in [0.1, 0.15) is 0 Å². The minimum Gasteiger partial charge on any atom is -0.481 e. The second kappa shape index (κ2) is 9.76. The number of carbonyl (C=O) groups excluding carboxylic acids is 1. The van der Waals surface area contributed by atoms with Crippen molar-refractivity contribution in [1.82, 2.24) is 0 Å². The van der Waals surface area contributed by atoms with Crippen LogP contribution in [0, 0.1) is 43.5 Å². The van der Waals surface area contributed by atoms with Gasteiger partial charge in [-0.05, 0) is 0 Å². The third kappa shape index (κ3) is 5.31. The molecule has 0 aromatic heterocycles. The normalized spacial score (nSPS) is 10.5. The summed E-state index contributed by atoms with van der Waals surface area (Å²) in [6.45, 7) is 0. The first-order valence-electron chi connectivity index (χ1n) is 8.38. The molecule has 34 heavy (non-hydrogen) atoms. The molecule has 0 saturated carbocycles. The number of ether oxygens (including phenoxy) is 2. The SMILES string of the molecule is O=C(O)Cc1cc([N+](=O)[O-])c(OC(=O)Oc2c([N+](=O)[O-])cc(CC(=O)O)c(F)c2F)c(F)c1F. The Balaban J connectivity index is 2.50. The van der Waals surface area contributed by atoms with Crippen molar-refractivity contribution in [3.63, 3.8) is 0 Å². The van der Waals surface area contributed by atoms with Gasteiger partial charge in [0, 0.05) is 23.3 Å². The van der Waals surface area contributed by atoms with Gasteiger partial charge in [0.2, 0.25) is 23.1 Å². The van der Waals surface area contributed by atoms with E-state index < -0.39 is 98.1 Å². The van der Waals surface area contributed by atoms with Crippen LogP contribution in [-0.2, 0) is 22.4 Å². The predicted molar refractivity (Wildman–Crippen MR) is 95.4 cm³/mol. The highest BCUT2D eigenvalue weighted by Gasteiger charge is 2.33. The quantitative estimate of drug-likeness (QED) is 0.181. The smallest absolute Gasteiger partial charge is 0.481 e. The Morgan fingerprint density at radius 1 is 0.735 bits per heavy atom. The standard InChI is InChI=1S/C17H8F4N2O11/c18-11-5(3-9(24)25)1-7(22(29)30)15(13(11)20)33-17(28)34-16-8(23(31)32)2-6(4-10(26)27)12(19)14(16)21/h1-2H,3-4H2,(H,24,25)(H,26,27). The van der Waals surface area contributed by atoms with Crippen LogP contribution in [0.4, 0.5) is 33.7 Å². The number of nitro groups is 2. The van der Waals surface area contributed by atoms with E-state index in [4.69, 9.17) is 10.2 Å². The van der Waals surface area contributed by atoms with Crippen molar-refractivity contribution in [2.45, 2.75) is 12.8 Å². The molecule has 0 radical (unpaired) electrons. The summed E-state index contributed by atoms with van der Waals surface area (Å²) in [5.41, 5.74) is -4.94. The van der Waals surface area contributed by atoms with E-state index in [1.54, 1.807) is 0 Å². The van der Waals surface area contributed by atoms with Crippen molar-refractivity contribution >= 4 is 29.5 Å². The summed E-state index contributed by atoms with van der Waals surface area (Å²) >= 11 is 0. The van der Waals surface area contributed by atoms with Gasteiger partial charge in [-0.2, -0.15) is 8.78 Å². The number of hydrogen-bond donors (Lipinski definition) is 2. The van der Waals surface area contributed by atoms with Gasteiger partial charge in [0.25, 0.3) is 0 Å². The zero-order valence-corrected chi connectivity index (χ0v) is 16.0. The number of nitrogens with zero attached hydrogens (tertiary/aromatic N) is 2. The van der Waals surface area contributed by atoms with Gasteiger partial charge < -0.3 is 19.7 Å². The molecule has 2 aromatic carbocycles. The lowest BCUT2D eigenvalue weighted by molar-refractivity contribution is -0.386. The number of carboxylic acid groups (broad SMARTS) is 2. The molecule has 0 aliphatic rings. The van der Waals surface area contributed by atoms with E-state index in [1.807, 2.05) is 0 Å². The predicted octanol–water partition coefficient (Wildman–Crippen LogP) is 2.89. The molecule has 0 fully saturated rings. The van der Waals surface area contributed by atoms with Crippen molar-refractivity contribution in [3.05, 3.63) is 66.8 Å². The first-order chi connectivity index (χ1) is 15.7. The fourth-order valence-electron chi connectivity index (χ4n) is 2.53. The summed E-state index contributed by atoms with van der Waals surface area (Å²) in [5.74, 6) is -15.3. The highest BCUT2D eigenvalue weighted by Crippen LogP contribution is 2.37. The van der Waals surface area contributed by atoms with Crippen molar-refractivity contribution in [2.24, 2.45) is 0 Å². The maximum Gasteiger partial charge on any atom is 0.520 e. The lowest BCUT2D eigenvalue weighted by Crippen LogP contribution is -2.19. The van der Waals surface area contributed by atoms with Gasteiger partial charge in [-0.1, -0.05) is 0 Å². The van der Waals surface area contributed by atoms with Gasteiger partial charge in [-0.3, -0.25) is 29.8 Å². The van der Waals surface area contributed by atoms with E-state index in [0.717, 1.165) is 0 Å². The van der Waals surface area contributed by atoms with Gasteiger partial charge >= 0.3 is 29.5 Å². The zero-order valence-electron chi connectivity index (χ0n) is 16.0. The number of rotatable bonds is 8. The topological polar surface area (TPSA) is 196 Å². The average Bonchev–Trinajstić information content (AvgIpc) is 2.72.